The smallest absolute Gasteiger partial charge is 0.304 e. The summed E-state index contributed by atoms with van der Waals surface area (Å²) in [5.74, 6) is -0.746. The van der Waals surface area contributed by atoms with E-state index in [0.29, 0.717) is 6.54 Å². The van der Waals surface area contributed by atoms with Crippen LogP contribution in [-0.2, 0) is 4.79 Å². The van der Waals surface area contributed by atoms with Gasteiger partial charge >= 0.3 is 5.97 Å². The third-order valence-electron chi connectivity index (χ3n) is 1.91. The lowest BCUT2D eigenvalue weighted by Crippen LogP contribution is -2.43. The van der Waals surface area contributed by atoms with Crippen LogP contribution < -0.4 is 5.32 Å². The molecule has 0 saturated heterocycles. The average molecular weight is 201 g/mol. The molecule has 3 heteroatoms. The van der Waals surface area contributed by atoms with Gasteiger partial charge < -0.3 is 10.4 Å². The van der Waals surface area contributed by atoms with E-state index in [0.717, 1.165) is 6.42 Å². The monoisotopic (exact) mass is 201 g/mol. The maximum Gasteiger partial charge on any atom is 0.304 e. The second-order valence-corrected chi connectivity index (χ2v) is 5.69. The summed E-state index contributed by atoms with van der Waals surface area (Å²) in [5, 5.41) is 11.8. The third kappa shape index (κ3) is 8.05. The number of rotatable bonds is 5. The standard InChI is InChI=1S/C11H23NO2/c1-10(2,3)8-11(4,5)12-7-6-9(13)14/h12H,6-8H2,1-5H3,(H,13,14). The van der Waals surface area contributed by atoms with Gasteiger partial charge in [-0.25, -0.2) is 0 Å². The molecule has 0 spiro atoms. The fourth-order valence-electron chi connectivity index (χ4n) is 1.90. The van der Waals surface area contributed by atoms with Gasteiger partial charge in [0.1, 0.15) is 0 Å². The van der Waals surface area contributed by atoms with E-state index >= 15 is 0 Å². The van der Waals surface area contributed by atoms with E-state index in [9.17, 15) is 4.79 Å². The summed E-state index contributed by atoms with van der Waals surface area (Å²) in [6.45, 7) is 11.3. The van der Waals surface area contributed by atoms with Gasteiger partial charge in [-0.2, -0.15) is 0 Å². The Morgan fingerprint density at radius 2 is 1.71 bits per heavy atom. The Hall–Kier alpha value is -0.570. The van der Waals surface area contributed by atoms with Crippen molar-refractivity contribution in [3.8, 4) is 0 Å². The molecule has 0 radical (unpaired) electrons. The zero-order valence-corrected chi connectivity index (χ0v) is 9.98. The summed E-state index contributed by atoms with van der Waals surface area (Å²) in [7, 11) is 0. The minimum absolute atomic E-state index is 0.00764. The van der Waals surface area contributed by atoms with Gasteiger partial charge in [0.05, 0.1) is 6.42 Å². The second kappa shape index (κ2) is 4.78. The zero-order valence-electron chi connectivity index (χ0n) is 9.98. The quantitative estimate of drug-likeness (QED) is 0.717. The van der Waals surface area contributed by atoms with Gasteiger partial charge in [-0.3, -0.25) is 4.79 Å². The first-order valence-electron chi connectivity index (χ1n) is 5.09. The van der Waals surface area contributed by atoms with Gasteiger partial charge in [0, 0.05) is 12.1 Å². The Morgan fingerprint density at radius 3 is 2.07 bits per heavy atom. The molecule has 84 valence electrons. The summed E-state index contributed by atoms with van der Waals surface area (Å²) in [5.41, 5.74) is 0.271. The van der Waals surface area contributed by atoms with Crippen LogP contribution in [0.15, 0.2) is 0 Å². The van der Waals surface area contributed by atoms with Crippen LogP contribution in [0, 0.1) is 5.41 Å². The number of aliphatic carboxylic acids is 1. The largest absolute Gasteiger partial charge is 0.481 e. The molecule has 0 aliphatic carbocycles. The van der Waals surface area contributed by atoms with E-state index in [1.165, 1.54) is 0 Å². The number of carboxylic acids is 1. The number of nitrogens with one attached hydrogen (secondary N) is 1. The van der Waals surface area contributed by atoms with E-state index in [1.54, 1.807) is 0 Å². The van der Waals surface area contributed by atoms with Gasteiger partial charge in [0.25, 0.3) is 0 Å². The van der Waals surface area contributed by atoms with Gasteiger partial charge in [0.15, 0.2) is 0 Å². The SMILES string of the molecule is CC(C)(C)CC(C)(C)NCCC(=O)O. The molecule has 0 bridgehead atoms. The minimum atomic E-state index is -0.746. The molecule has 2 N–H and O–H groups in total. The predicted molar refractivity (Wildman–Crippen MR) is 58.4 cm³/mol. The topological polar surface area (TPSA) is 49.3 Å². The first kappa shape index (κ1) is 13.4. The lowest BCUT2D eigenvalue weighted by molar-refractivity contribution is -0.136. The minimum Gasteiger partial charge on any atom is -0.481 e. The van der Waals surface area contributed by atoms with Crippen molar-refractivity contribution in [3.63, 3.8) is 0 Å². The van der Waals surface area contributed by atoms with Crippen molar-refractivity contribution in [2.24, 2.45) is 5.41 Å². The van der Waals surface area contributed by atoms with E-state index < -0.39 is 5.97 Å². The van der Waals surface area contributed by atoms with Crippen molar-refractivity contribution in [1.29, 1.82) is 0 Å². The van der Waals surface area contributed by atoms with Gasteiger partial charge in [-0.05, 0) is 25.7 Å². The van der Waals surface area contributed by atoms with Crippen molar-refractivity contribution < 1.29 is 9.90 Å². The predicted octanol–water partition coefficient (Wildman–Crippen LogP) is 2.27. The van der Waals surface area contributed by atoms with Crippen molar-refractivity contribution in [1.82, 2.24) is 5.32 Å². The number of hydrogen-bond donors (Lipinski definition) is 2. The van der Waals surface area contributed by atoms with Crippen LogP contribution in [0.5, 0.6) is 0 Å². The van der Waals surface area contributed by atoms with E-state index in [4.69, 9.17) is 5.11 Å². The summed E-state index contributed by atoms with van der Waals surface area (Å²) in [6, 6.07) is 0. The van der Waals surface area contributed by atoms with Crippen LogP contribution in [0.4, 0.5) is 0 Å². The van der Waals surface area contributed by atoms with E-state index in [1.807, 2.05) is 0 Å². The Bertz CT molecular complexity index is 192. The molecule has 0 fully saturated rings. The molecule has 0 aliphatic heterocycles. The second-order valence-electron chi connectivity index (χ2n) is 5.69. The van der Waals surface area contributed by atoms with Gasteiger partial charge in [0.2, 0.25) is 0 Å². The molecule has 0 aliphatic rings. The van der Waals surface area contributed by atoms with Crippen LogP contribution in [0.2, 0.25) is 0 Å². The highest BCUT2D eigenvalue weighted by Gasteiger charge is 2.24. The molecule has 14 heavy (non-hydrogen) atoms. The number of carboxylic acid groups (broad SMARTS) is 1. The summed E-state index contributed by atoms with van der Waals surface area (Å²) in [4.78, 5) is 10.3. The lowest BCUT2D eigenvalue weighted by atomic mass is 9.82. The lowest BCUT2D eigenvalue weighted by Gasteiger charge is -2.33. The summed E-state index contributed by atoms with van der Waals surface area (Å²) in [6.07, 6.45) is 1.22. The Kier molecular flexibility index (Phi) is 4.59. The highest BCUT2D eigenvalue weighted by Crippen LogP contribution is 2.26. The fourth-order valence-corrected chi connectivity index (χ4v) is 1.90. The van der Waals surface area contributed by atoms with Crippen molar-refractivity contribution in [2.45, 2.75) is 53.0 Å². The van der Waals surface area contributed by atoms with Crippen LogP contribution >= 0.6 is 0 Å². The van der Waals surface area contributed by atoms with E-state index in [2.05, 4.69) is 39.9 Å². The molecule has 0 unspecified atom stereocenters. The zero-order chi connectivity index (χ0) is 11.4. The maximum absolute atomic E-state index is 10.3. The maximum atomic E-state index is 10.3. The molecule has 0 saturated carbocycles. The Morgan fingerprint density at radius 1 is 1.21 bits per heavy atom. The summed E-state index contributed by atoms with van der Waals surface area (Å²) >= 11 is 0. The van der Waals surface area contributed by atoms with Crippen LogP contribution in [-0.4, -0.2) is 23.2 Å². The fraction of sp³-hybridized carbons (Fsp3) is 0.909. The van der Waals surface area contributed by atoms with Crippen molar-refractivity contribution in [2.75, 3.05) is 6.54 Å². The molecule has 0 atom stereocenters. The first-order valence-corrected chi connectivity index (χ1v) is 5.09. The molecule has 0 aromatic carbocycles. The van der Waals surface area contributed by atoms with Crippen LogP contribution in [0.3, 0.4) is 0 Å². The molecule has 0 aromatic rings. The highest BCUT2D eigenvalue weighted by atomic mass is 16.4. The summed E-state index contributed by atoms with van der Waals surface area (Å²) < 4.78 is 0. The molecule has 0 heterocycles. The highest BCUT2D eigenvalue weighted by molar-refractivity contribution is 5.66. The molecular formula is C11H23NO2. The Labute approximate surface area is 86.9 Å². The first-order chi connectivity index (χ1) is 6.12. The molecule has 0 rings (SSSR count). The van der Waals surface area contributed by atoms with Crippen molar-refractivity contribution in [3.05, 3.63) is 0 Å². The molecule has 3 nitrogen and oxygen atoms in total. The normalized spacial score (nSPS) is 12.9. The molecule has 0 aromatic heterocycles. The molecule has 0 amide bonds. The van der Waals surface area contributed by atoms with Crippen LogP contribution in [0.25, 0.3) is 0 Å². The van der Waals surface area contributed by atoms with Crippen molar-refractivity contribution >= 4 is 5.97 Å². The molecular weight excluding hydrogens is 178 g/mol. The van der Waals surface area contributed by atoms with E-state index in [-0.39, 0.29) is 17.4 Å². The van der Waals surface area contributed by atoms with Crippen LogP contribution in [0.1, 0.15) is 47.5 Å². The van der Waals surface area contributed by atoms with Gasteiger partial charge in [-0.15, -0.1) is 0 Å². The van der Waals surface area contributed by atoms with Gasteiger partial charge in [-0.1, -0.05) is 20.8 Å². The third-order valence-corrected chi connectivity index (χ3v) is 1.91. The Balaban J connectivity index is 3.89. The number of hydrogen-bond acceptors (Lipinski definition) is 2. The number of carbonyl (C=O) groups is 1. The average Bonchev–Trinajstić information content (AvgIpc) is 1.78.